The number of alkyl carbamates (subject to hydrolysis) is 1. The predicted molar refractivity (Wildman–Crippen MR) is 126 cm³/mol. The van der Waals surface area contributed by atoms with Crippen LogP contribution in [0.25, 0.3) is 6.08 Å². The molecule has 1 aliphatic carbocycles. The number of thiophene rings is 1. The highest BCUT2D eigenvalue weighted by Crippen LogP contribution is 2.39. The molecule has 1 aliphatic rings. The number of anilines is 1. The first kappa shape index (κ1) is 24.3. The van der Waals surface area contributed by atoms with Gasteiger partial charge in [0, 0.05) is 23.1 Å². The third-order valence-electron chi connectivity index (χ3n) is 5.18. The van der Waals surface area contributed by atoms with E-state index in [9.17, 15) is 14.9 Å². The van der Waals surface area contributed by atoms with Gasteiger partial charge in [0.05, 0.1) is 25.4 Å². The Morgan fingerprint density at radius 3 is 2.94 bits per heavy atom. The predicted octanol–water partition coefficient (Wildman–Crippen LogP) is 3.49. The van der Waals surface area contributed by atoms with Crippen molar-refractivity contribution in [3.8, 4) is 11.8 Å². The van der Waals surface area contributed by atoms with Gasteiger partial charge in [0.1, 0.15) is 16.8 Å². The lowest BCUT2D eigenvalue weighted by atomic mass is 9.88. The Labute approximate surface area is 196 Å². The lowest BCUT2D eigenvalue weighted by Crippen LogP contribution is -2.29. The van der Waals surface area contributed by atoms with Gasteiger partial charge in [0.25, 0.3) is 0 Å². The Kier molecular flexibility index (Phi) is 8.87. The van der Waals surface area contributed by atoms with Crippen molar-refractivity contribution in [3.63, 3.8) is 0 Å². The minimum absolute atomic E-state index is 0.140. The average Bonchev–Trinajstić information content (AvgIpc) is 3.16. The molecule has 0 bridgehead atoms. The largest absolute Gasteiger partial charge is 0.493 e. The summed E-state index contributed by atoms with van der Waals surface area (Å²) in [5, 5.41) is 24.3. The molecule has 33 heavy (non-hydrogen) atoms. The first-order valence-electron chi connectivity index (χ1n) is 10.8. The Morgan fingerprint density at radius 1 is 1.36 bits per heavy atom. The van der Waals surface area contributed by atoms with Crippen molar-refractivity contribution < 1.29 is 24.2 Å². The molecule has 3 N–H and O–H groups in total. The highest BCUT2D eigenvalue weighted by Gasteiger charge is 2.27. The average molecular weight is 470 g/mol. The van der Waals surface area contributed by atoms with Gasteiger partial charge in [0.2, 0.25) is 5.91 Å². The normalized spacial score (nSPS) is 14.9. The quantitative estimate of drug-likeness (QED) is 0.484. The Balaban J connectivity index is 1.64. The van der Waals surface area contributed by atoms with Crippen molar-refractivity contribution in [3.05, 3.63) is 51.9 Å². The van der Waals surface area contributed by atoms with Crippen LogP contribution in [-0.2, 0) is 22.4 Å². The highest BCUT2D eigenvalue weighted by molar-refractivity contribution is 7.16. The number of nitriles is 1. The summed E-state index contributed by atoms with van der Waals surface area (Å²) in [5.74, 6) is 0.518. The van der Waals surface area contributed by atoms with E-state index in [1.807, 2.05) is 31.2 Å². The molecule has 1 unspecified atom stereocenters. The van der Waals surface area contributed by atoms with Crippen LogP contribution in [0.15, 0.2) is 30.3 Å². The van der Waals surface area contributed by atoms with E-state index in [4.69, 9.17) is 14.6 Å². The van der Waals surface area contributed by atoms with E-state index in [0.717, 1.165) is 22.4 Å². The second-order valence-corrected chi connectivity index (χ2v) is 8.58. The fourth-order valence-electron chi connectivity index (χ4n) is 3.63. The molecular weight excluding hydrogens is 442 g/mol. The van der Waals surface area contributed by atoms with Crippen LogP contribution >= 0.6 is 11.3 Å². The van der Waals surface area contributed by atoms with Crippen molar-refractivity contribution in [1.29, 1.82) is 5.26 Å². The van der Waals surface area contributed by atoms with Gasteiger partial charge >= 0.3 is 6.09 Å². The summed E-state index contributed by atoms with van der Waals surface area (Å²) in [5.41, 5.74) is 2.27. The molecule has 0 fully saturated rings. The standard InChI is InChI=1S/C24H27N3O5S/c1-2-31-20-6-4-3-5-17(20)8-10-22(29)27-23-19(14-25)18-9-7-16(13-21(18)33-23)15-32-24(30)26-11-12-28/h3-6,8,10,16,28H,2,7,9,11-13,15H2,1H3,(H,26,30)(H,27,29). The zero-order valence-electron chi connectivity index (χ0n) is 18.4. The van der Waals surface area contributed by atoms with E-state index in [2.05, 4.69) is 16.7 Å². The number of aliphatic hydroxyl groups excluding tert-OH is 1. The maximum absolute atomic E-state index is 12.5. The number of fused-ring (bicyclic) bond motifs is 1. The van der Waals surface area contributed by atoms with Gasteiger partial charge in [-0.05, 0) is 49.8 Å². The summed E-state index contributed by atoms with van der Waals surface area (Å²) < 4.78 is 10.8. The molecule has 8 nitrogen and oxygen atoms in total. The molecule has 2 aromatic rings. The summed E-state index contributed by atoms with van der Waals surface area (Å²) >= 11 is 1.40. The van der Waals surface area contributed by atoms with Crippen LogP contribution in [0.5, 0.6) is 5.75 Å². The number of benzene rings is 1. The lowest BCUT2D eigenvalue weighted by Gasteiger charge is -2.21. The molecule has 174 valence electrons. The topological polar surface area (TPSA) is 121 Å². The summed E-state index contributed by atoms with van der Waals surface area (Å²) in [6, 6.07) is 9.69. The van der Waals surface area contributed by atoms with Crippen LogP contribution in [0.3, 0.4) is 0 Å². The van der Waals surface area contributed by atoms with Crippen molar-refractivity contribution in [2.24, 2.45) is 5.92 Å². The van der Waals surface area contributed by atoms with Gasteiger partial charge in [-0.25, -0.2) is 4.79 Å². The Hall–Kier alpha value is -3.35. The molecule has 2 amide bonds. The number of para-hydroxylation sites is 1. The minimum atomic E-state index is -0.551. The van der Waals surface area contributed by atoms with Crippen LogP contribution in [-0.4, -0.2) is 43.5 Å². The monoisotopic (exact) mass is 469 g/mol. The SMILES string of the molecule is CCOc1ccccc1C=CC(=O)Nc1sc2c(c1C#N)CCC(COC(=O)NCCO)C2. The fourth-order valence-corrected chi connectivity index (χ4v) is 4.94. The molecular formula is C24H27N3O5S. The van der Waals surface area contributed by atoms with E-state index < -0.39 is 6.09 Å². The third-order valence-corrected chi connectivity index (χ3v) is 6.35. The molecule has 1 aromatic carbocycles. The number of carbonyl (C=O) groups is 2. The van der Waals surface area contributed by atoms with Gasteiger partial charge in [-0.1, -0.05) is 18.2 Å². The van der Waals surface area contributed by atoms with E-state index in [1.165, 1.54) is 17.4 Å². The zero-order chi connectivity index (χ0) is 23.6. The van der Waals surface area contributed by atoms with Crippen LogP contribution in [0.4, 0.5) is 9.80 Å². The summed E-state index contributed by atoms with van der Waals surface area (Å²) in [6.07, 6.45) is 4.72. The second kappa shape index (κ2) is 12.0. The number of hydrogen-bond donors (Lipinski definition) is 3. The maximum atomic E-state index is 12.5. The number of aliphatic hydroxyl groups is 1. The molecule has 0 saturated carbocycles. The van der Waals surface area contributed by atoms with Gasteiger partial charge in [-0.3, -0.25) is 4.79 Å². The molecule has 3 rings (SSSR count). The van der Waals surface area contributed by atoms with E-state index in [1.54, 1.807) is 6.08 Å². The van der Waals surface area contributed by atoms with Crippen LogP contribution in [0, 0.1) is 17.2 Å². The van der Waals surface area contributed by atoms with Gasteiger partial charge < -0.3 is 25.2 Å². The van der Waals surface area contributed by atoms with Crippen LogP contribution in [0.2, 0.25) is 0 Å². The van der Waals surface area contributed by atoms with Crippen molar-refractivity contribution in [2.75, 3.05) is 31.7 Å². The van der Waals surface area contributed by atoms with Gasteiger partial charge in [-0.15, -0.1) is 11.3 Å². The van der Waals surface area contributed by atoms with Crippen molar-refractivity contribution in [2.45, 2.75) is 26.2 Å². The second-order valence-electron chi connectivity index (χ2n) is 7.47. The summed E-state index contributed by atoms with van der Waals surface area (Å²) in [7, 11) is 0. The van der Waals surface area contributed by atoms with Crippen molar-refractivity contribution >= 4 is 34.4 Å². The third kappa shape index (κ3) is 6.57. The number of nitrogens with zero attached hydrogens (tertiary/aromatic N) is 1. The fraction of sp³-hybridized carbons (Fsp3) is 0.375. The number of hydrogen-bond acceptors (Lipinski definition) is 7. The Morgan fingerprint density at radius 2 is 2.18 bits per heavy atom. The first-order valence-corrected chi connectivity index (χ1v) is 11.6. The van der Waals surface area contributed by atoms with Crippen LogP contribution < -0.4 is 15.4 Å². The van der Waals surface area contributed by atoms with Gasteiger partial charge in [0.15, 0.2) is 0 Å². The molecule has 9 heteroatoms. The minimum Gasteiger partial charge on any atom is -0.493 e. The molecule has 0 spiro atoms. The zero-order valence-corrected chi connectivity index (χ0v) is 19.2. The van der Waals surface area contributed by atoms with E-state index in [-0.39, 0.29) is 31.6 Å². The van der Waals surface area contributed by atoms with Crippen molar-refractivity contribution in [1.82, 2.24) is 5.32 Å². The Bertz CT molecular complexity index is 1060. The van der Waals surface area contributed by atoms with E-state index in [0.29, 0.717) is 35.8 Å². The van der Waals surface area contributed by atoms with Gasteiger partial charge in [-0.2, -0.15) is 5.26 Å². The molecule has 1 aromatic heterocycles. The maximum Gasteiger partial charge on any atom is 0.407 e. The number of ether oxygens (including phenoxy) is 2. The van der Waals surface area contributed by atoms with Crippen LogP contribution in [0.1, 0.15) is 34.9 Å². The first-order chi connectivity index (χ1) is 16.0. The lowest BCUT2D eigenvalue weighted by molar-refractivity contribution is -0.111. The highest BCUT2D eigenvalue weighted by atomic mass is 32.1. The number of carbonyl (C=O) groups excluding carboxylic acids is 2. The molecule has 0 saturated heterocycles. The summed E-state index contributed by atoms with van der Waals surface area (Å²) in [4.78, 5) is 25.2. The molecule has 1 heterocycles. The molecule has 1 atom stereocenters. The number of nitrogens with one attached hydrogen (secondary N) is 2. The number of rotatable bonds is 9. The molecule has 0 radical (unpaired) electrons. The van der Waals surface area contributed by atoms with E-state index >= 15 is 0 Å². The summed E-state index contributed by atoms with van der Waals surface area (Å²) in [6.45, 7) is 2.70. The smallest absolute Gasteiger partial charge is 0.407 e. The molecule has 0 aliphatic heterocycles. The number of amides is 2.